The SMILES string of the molecule is CC1(CNC2CC(c3cccc(Br)c3)C2)CC1. The van der Waals surface area contributed by atoms with Gasteiger partial charge in [-0.3, -0.25) is 0 Å². The van der Waals surface area contributed by atoms with E-state index >= 15 is 0 Å². The first-order valence-corrected chi connectivity index (χ1v) is 7.43. The van der Waals surface area contributed by atoms with Crippen LogP contribution in [0.15, 0.2) is 28.7 Å². The Hall–Kier alpha value is -0.340. The van der Waals surface area contributed by atoms with Crippen LogP contribution in [0, 0.1) is 5.41 Å². The van der Waals surface area contributed by atoms with E-state index < -0.39 is 0 Å². The molecule has 0 unspecified atom stereocenters. The maximum atomic E-state index is 3.72. The Morgan fingerprint density at radius 3 is 2.76 bits per heavy atom. The van der Waals surface area contributed by atoms with Crippen molar-refractivity contribution in [2.24, 2.45) is 5.41 Å². The second-order valence-corrected chi connectivity index (χ2v) is 7.03. The van der Waals surface area contributed by atoms with Crippen molar-refractivity contribution in [2.75, 3.05) is 6.54 Å². The Balaban J connectivity index is 1.47. The van der Waals surface area contributed by atoms with Gasteiger partial charge in [-0.2, -0.15) is 0 Å². The molecule has 0 amide bonds. The fourth-order valence-corrected chi connectivity index (χ4v) is 3.02. The number of benzene rings is 1. The van der Waals surface area contributed by atoms with E-state index in [1.165, 1.54) is 42.3 Å². The van der Waals surface area contributed by atoms with Crippen molar-refractivity contribution in [3.8, 4) is 0 Å². The van der Waals surface area contributed by atoms with Crippen molar-refractivity contribution in [1.82, 2.24) is 5.32 Å². The first kappa shape index (κ1) is 11.7. The van der Waals surface area contributed by atoms with E-state index in [1.54, 1.807) is 0 Å². The molecule has 2 aliphatic rings. The van der Waals surface area contributed by atoms with Gasteiger partial charge in [-0.25, -0.2) is 0 Å². The standard InChI is InChI=1S/C15H20BrN/c1-15(5-6-15)10-17-14-8-12(9-14)11-3-2-4-13(16)7-11/h2-4,7,12,14,17H,5-6,8-10H2,1H3. The summed E-state index contributed by atoms with van der Waals surface area (Å²) in [4.78, 5) is 0. The van der Waals surface area contributed by atoms with Gasteiger partial charge >= 0.3 is 0 Å². The van der Waals surface area contributed by atoms with Crippen LogP contribution in [0.2, 0.25) is 0 Å². The molecule has 0 spiro atoms. The Labute approximate surface area is 112 Å². The highest BCUT2D eigenvalue weighted by molar-refractivity contribution is 9.10. The van der Waals surface area contributed by atoms with Crippen LogP contribution in [-0.2, 0) is 0 Å². The molecule has 0 atom stereocenters. The minimum absolute atomic E-state index is 0.640. The molecule has 0 heterocycles. The molecule has 2 fully saturated rings. The quantitative estimate of drug-likeness (QED) is 0.882. The zero-order valence-corrected chi connectivity index (χ0v) is 12.0. The Morgan fingerprint density at radius 2 is 2.12 bits per heavy atom. The average Bonchev–Trinajstić information content (AvgIpc) is 2.94. The van der Waals surface area contributed by atoms with Crippen LogP contribution in [-0.4, -0.2) is 12.6 Å². The maximum Gasteiger partial charge on any atom is 0.0178 e. The van der Waals surface area contributed by atoms with Crippen LogP contribution in [0.5, 0.6) is 0 Å². The summed E-state index contributed by atoms with van der Waals surface area (Å²) in [5.41, 5.74) is 2.14. The van der Waals surface area contributed by atoms with Crippen molar-refractivity contribution in [3.63, 3.8) is 0 Å². The number of hydrogen-bond donors (Lipinski definition) is 1. The van der Waals surface area contributed by atoms with Crippen molar-refractivity contribution < 1.29 is 0 Å². The Morgan fingerprint density at radius 1 is 1.35 bits per heavy atom. The van der Waals surface area contributed by atoms with Gasteiger partial charge < -0.3 is 5.32 Å². The first-order valence-electron chi connectivity index (χ1n) is 6.63. The summed E-state index contributed by atoms with van der Waals surface area (Å²) in [6, 6.07) is 9.53. The van der Waals surface area contributed by atoms with E-state index in [0.717, 1.165) is 12.0 Å². The molecule has 0 radical (unpaired) electrons. The third kappa shape index (κ3) is 2.74. The maximum absolute atomic E-state index is 3.72. The summed E-state index contributed by atoms with van der Waals surface area (Å²) < 4.78 is 1.21. The molecule has 17 heavy (non-hydrogen) atoms. The van der Waals surface area contributed by atoms with Crippen molar-refractivity contribution in [3.05, 3.63) is 34.3 Å². The summed E-state index contributed by atoms with van der Waals surface area (Å²) in [6.07, 6.45) is 5.46. The molecule has 2 aliphatic carbocycles. The molecular formula is C15H20BrN. The third-order valence-corrected chi connectivity index (χ3v) is 4.87. The van der Waals surface area contributed by atoms with E-state index in [0.29, 0.717) is 5.41 Å². The minimum Gasteiger partial charge on any atom is -0.313 e. The third-order valence-electron chi connectivity index (χ3n) is 4.38. The molecule has 0 aliphatic heterocycles. The van der Waals surface area contributed by atoms with Gasteiger partial charge in [0.1, 0.15) is 0 Å². The van der Waals surface area contributed by atoms with Crippen LogP contribution < -0.4 is 5.32 Å². The lowest BCUT2D eigenvalue weighted by molar-refractivity contribution is 0.275. The van der Waals surface area contributed by atoms with Gasteiger partial charge in [0.15, 0.2) is 0 Å². The largest absolute Gasteiger partial charge is 0.313 e. The molecule has 2 saturated carbocycles. The zero-order valence-electron chi connectivity index (χ0n) is 10.4. The van der Waals surface area contributed by atoms with E-state index in [-0.39, 0.29) is 0 Å². The van der Waals surface area contributed by atoms with Gasteiger partial charge in [-0.15, -0.1) is 0 Å². The van der Waals surface area contributed by atoms with Gasteiger partial charge in [0.05, 0.1) is 0 Å². The van der Waals surface area contributed by atoms with E-state index in [9.17, 15) is 0 Å². The number of halogens is 1. The monoisotopic (exact) mass is 293 g/mol. The molecule has 0 bridgehead atoms. The van der Waals surface area contributed by atoms with Gasteiger partial charge in [0, 0.05) is 17.1 Å². The number of nitrogens with one attached hydrogen (secondary N) is 1. The predicted molar refractivity (Wildman–Crippen MR) is 75.2 cm³/mol. The Bertz CT molecular complexity index is 405. The lowest BCUT2D eigenvalue weighted by Crippen LogP contribution is -2.42. The fourth-order valence-electron chi connectivity index (χ4n) is 2.60. The molecular weight excluding hydrogens is 274 g/mol. The van der Waals surface area contributed by atoms with E-state index in [2.05, 4.69) is 52.4 Å². The normalized spacial score (nSPS) is 29.8. The summed E-state index contributed by atoms with van der Waals surface area (Å²) in [7, 11) is 0. The van der Waals surface area contributed by atoms with Crippen LogP contribution >= 0.6 is 15.9 Å². The molecule has 1 N–H and O–H groups in total. The second kappa shape index (κ2) is 4.40. The highest BCUT2D eigenvalue weighted by atomic mass is 79.9. The van der Waals surface area contributed by atoms with Crippen LogP contribution in [0.1, 0.15) is 44.1 Å². The molecule has 1 nitrogen and oxygen atoms in total. The molecule has 2 heteroatoms. The van der Waals surface area contributed by atoms with Gasteiger partial charge in [-0.1, -0.05) is 35.0 Å². The number of hydrogen-bond acceptors (Lipinski definition) is 1. The van der Waals surface area contributed by atoms with Crippen molar-refractivity contribution in [2.45, 2.75) is 44.6 Å². The van der Waals surface area contributed by atoms with Crippen molar-refractivity contribution >= 4 is 15.9 Å². The molecule has 92 valence electrons. The molecule has 3 rings (SSSR count). The van der Waals surface area contributed by atoms with E-state index in [1.807, 2.05) is 0 Å². The first-order chi connectivity index (χ1) is 8.15. The van der Waals surface area contributed by atoms with Crippen molar-refractivity contribution in [1.29, 1.82) is 0 Å². The van der Waals surface area contributed by atoms with Crippen LogP contribution in [0.3, 0.4) is 0 Å². The lowest BCUT2D eigenvalue weighted by atomic mass is 9.76. The highest BCUT2D eigenvalue weighted by Crippen LogP contribution is 2.45. The van der Waals surface area contributed by atoms with Gasteiger partial charge in [0.25, 0.3) is 0 Å². The summed E-state index contributed by atoms with van der Waals surface area (Å²) >= 11 is 3.55. The second-order valence-electron chi connectivity index (χ2n) is 6.11. The molecule has 1 aromatic rings. The summed E-state index contributed by atoms with van der Waals surface area (Å²) in [6.45, 7) is 3.62. The van der Waals surface area contributed by atoms with Gasteiger partial charge in [0.2, 0.25) is 0 Å². The van der Waals surface area contributed by atoms with Gasteiger partial charge in [-0.05, 0) is 54.7 Å². The minimum atomic E-state index is 0.640. The highest BCUT2D eigenvalue weighted by Gasteiger charge is 2.39. The molecule has 1 aromatic carbocycles. The van der Waals surface area contributed by atoms with E-state index in [4.69, 9.17) is 0 Å². The average molecular weight is 294 g/mol. The van der Waals surface area contributed by atoms with Crippen LogP contribution in [0.4, 0.5) is 0 Å². The molecule has 0 aromatic heterocycles. The predicted octanol–water partition coefficient (Wildman–Crippen LogP) is 4.08. The fraction of sp³-hybridized carbons (Fsp3) is 0.600. The zero-order chi connectivity index (χ0) is 11.9. The molecule has 0 saturated heterocycles. The summed E-state index contributed by atoms with van der Waals surface area (Å²) in [5, 5.41) is 3.72. The topological polar surface area (TPSA) is 12.0 Å². The smallest absolute Gasteiger partial charge is 0.0178 e. The Kier molecular flexibility index (Phi) is 3.04. The summed E-state index contributed by atoms with van der Waals surface area (Å²) in [5.74, 6) is 0.775. The lowest BCUT2D eigenvalue weighted by Gasteiger charge is -2.37. The number of rotatable bonds is 4. The van der Waals surface area contributed by atoms with Crippen LogP contribution in [0.25, 0.3) is 0 Å².